The first-order chi connectivity index (χ1) is 8.36. The number of nitrogens with one attached hydrogen (secondary N) is 1. The number of amides is 1. The lowest BCUT2D eigenvalue weighted by Gasteiger charge is -2.42. The average Bonchev–Trinajstić information content (AvgIpc) is 2.23. The summed E-state index contributed by atoms with van der Waals surface area (Å²) in [5, 5.41) is 12.4. The maximum absolute atomic E-state index is 11.2. The van der Waals surface area contributed by atoms with Gasteiger partial charge < -0.3 is 24.6 Å². The number of carbonyl (C=O) groups excluding carboxylic acids is 2. The van der Waals surface area contributed by atoms with Crippen LogP contribution in [0.1, 0.15) is 20.8 Å². The van der Waals surface area contributed by atoms with Crippen LogP contribution < -0.4 is 5.32 Å². The quantitative estimate of drug-likeness (QED) is 0.644. The van der Waals surface area contributed by atoms with Crippen molar-refractivity contribution in [3.63, 3.8) is 0 Å². The van der Waals surface area contributed by atoms with Crippen LogP contribution in [-0.2, 0) is 23.8 Å². The maximum Gasteiger partial charge on any atom is 0.303 e. The minimum atomic E-state index is -1.30. The third kappa shape index (κ3) is 3.41. The van der Waals surface area contributed by atoms with Crippen LogP contribution in [0.5, 0.6) is 0 Å². The molecule has 0 spiro atoms. The Labute approximate surface area is 105 Å². The van der Waals surface area contributed by atoms with Crippen molar-refractivity contribution in [2.45, 2.75) is 51.4 Å². The van der Waals surface area contributed by atoms with E-state index in [-0.39, 0.29) is 5.91 Å². The highest BCUT2D eigenvalue weighted by Gasteiger charge is 2.46. The molecular formula is C11H19NO6. The number of hydrogen-bond acceptors (Lipinski definition) is 6. The van der Waals surface area contributed by atoms with E-state index in [1.54, 1.807) is 6.92 Å². The Hall–Kier alpha value is -1.18. The molecule has 1 amide bonds. The summed E-state index contributed by atoms with van der Waals surface area (Å²) in [6.45, 7) is 4.26. The van der Waals surface area contributed by atoms with Gasteiger partial charge in [0, 0.05) is 21.0 Å². The molecule has 2 N–H and O–H groups in total. The number of methoxy groups -OCH3 is 1. The Kier molecular flexibility index (Phi) is 5.06. The van der Waals surface area contributed by atoms with E-state index in [2.05, 4.69) is 5.32 Å². The largest absolute Gasteiger partial charge is 0.455 e. The van der Waals surface area contributed by atoms with Gasteiger partial charge in [-0.05, 0) is 6.92 Å². The first kappa shape index (κ1) is 14.9. The maximum atomic E-state index is 11.2. The van der Waals surface area contributed by atoms with Gasteiger partial charge >= 0.3 is 5.97 Å². The van der Waals surface area contributed by atoms with Gasteiger partial charge in [0.1, 0.15) is 6.10 Å². The topological polar surface area (TPSA) is 94.1 Å². The van der Waals surface area contributed by atoms with Crippen LogP contribution in [0.15, 0.2) is 0 Å². The van der Waals surface area contributed by atoms with Crippen molar-refractivity contribution in [2.24, 2.45) is 0 Å². The number of ether oxygens (including phenoxy) is 3. The Morgan fingerprint density at radius 1 is 1.28 bits per heavy atom. The van der Waals surface area contributed by atoms with Crippen molar-refractivity contribution >= 4 is 11.9 Å². The first-order valence-electron chi connectivity index (χ1n) is 5.67. The molecule has 0 aromatic rings. The highest BCUT2D eigenvalue weighted by molar-refractivity contribution is 5.73. The summed E-state index contributed by atoms with van der Waals surface area (Å²) in [4.78, 5) is 22.2. The van der Waals surface area contributed by atoms with E-state index in [1.165, 1.54) is 21.0 Å². The van der Waals surface area contributed by atoms with Crippen LogP contribution in [0.2, 0.25) is 0 Å². The van der Waals surface area contributed by atoms with Gasteiger partial charge in [-0.15, -0.1) is 0 Å². The number of rotatable bonds is 3. The summed E-state index contributed by atoms with van der Waals surface area (Å²) < 4.78 is 15.4. The summed E-state index contributed by atoms with van der Waals surface area (Å²) in [6, 6.07) is -0.657. The van der Waals surface area contributed by atoms with Gasteiger partial charge in [-0.25, -0.2) is 0 Å². The third-order valence-corrected chi connectivity index (χ3v) is 2.75. The van der Waals surface area contributed by atoms with Crippen molar-refractivity contribution in [3.05, 3.63) is 0 Å². The van der Waals surface area contributed by atoms with Crippen molar-refractivity contribution < 1.29 is 28.9 Å². The van der Waals surface area contributed by atoms with E-state index in [4.69, 9.17) is 14.2 Å². The highest BCUT2D eigenvalue weighted by Crippen LogP contribution is 2.24. The van der Waals surface area contributed by atoms with E-state index < -0.39 is 36.6 Å². The SMILES string of the molecule is CO[C@@H]1[C@@H](NC(C)=O)[C@@H](OC(C)=O)[C@@H](O)O[C@@H]1C. The van der Waals surface area contributed by atoms with Gasteiger partial charge in [-0.1, -0.05) is 0 Å². The molecule has 0 aliphatic carbocycles. The van der Waals surface area contributed by atoms with E-state index in [9.17, 15) is 14.7 Å². The fourth-order valence-corrected chi connectivity index (χ4v) is 2.09. The molecule has 0 bridgehead atoms. The van der Waals surface area contributed by atoms with Crippen LogP contribution in [0.3, 0.4) is 0 Å². The molecule has 5 atom stereocenters. The van der Waals surface area contributed by atoms with Gasteiger partial charge in [0.05, 0.1) is 12.1 Å². The van der Waals surface area contributed by atoms with Crippen LogP contribution >= 0.6 is 0 Å². The van der Waals surface area contributed by atoms with Crippen LogP contribution in [0, 0.1) is 0 Å². The van der Waals surface area contributed by atoms with Crippen LogP contribution in [-0.4, -0.2) is 54.7 Å². The van der Waals surface area contributed by atoms with Crippen molar-refractivity contribution in [2.75, 3.05) is 7.11 Å². The fourth-order valence-electron chi connectivity index (χ4n) is 2.09. The van der Waals surface area contributed by atoms with Crippen LogP contribution in [0.4, 0.5) is 0 Å². The molecule has 1 aliphatic rings. The van der Waals surface area contributed by atoms with Gasteiger partial charge in [0.2, 0.25) is 5.91 Å². The molecule has 0 radical (unpaired) electrons. The van der Waals surface area contributed by atoms with E-state index in [0.29, 0.717) is 0 Å². The zero-order valence-electron chi connectivity index (χ0n) is 10.9. The molecule has 7 heteroatoms. The summed E-state index contributed by atoms with van der Waals surface area (Å²) >= 11 is 0. The Morgan fingerprint density at radius 2 is 1.89 bits per heavy atom. The molecule has 18 heavy (non-hydrogen) atoms. The minimum Gasteiger partial charge on any atom is -0.455 e. The predicted molar refractivity (Wildman–Crippen MR) is 60.5 cm³/mol. The fraction of sp³-hybridized carbons (Fsp3) is 0.818. The molecule has 1 rings (SSSR count). The Morgan fingerprint density at radius 3 is 2.33 bits per heavy atom. The molecule has 7 nitrogen and oxygen atoms in total. The highest BCUT2D eigenvalue weighted by atomic mass is 16.7. The summed E-state index contributed by atoms with van der Waals surface area (Å²) in [7, 11) is 1.46. The van der Waals surface area contributed by atoms with E-state index >= 15 is 0 Å². The summed E-state index contributed by atoms with van der Waals surface area (Å²) in [5.74, 6) is -0.872. The zero-order valence-corrected chi connectivity index (χ0v) is 10.9. The third-order valence-electron chi connectivity index (χ3n) is 2.75. The Balaban J connectivity index is 2.93. The molecule has 1 fully saturated rings. The van der Waals surface area contributed by atoms with E-state index in [1.807, 2.05) is 0 Å². The average molecular weight is 261 g/mol. The lowest BCUT2D eigenvalue weighted by atomic mass is 9.96. The molecule has 0 aromatic carbocycles. The summed E-state index contributed by atoms with van der Waals surface area (Å²) in [6.07, 6.45) is -3.24. The molecule has 1 saturated heterocycles. The number of hydrogen-bond donors (Lipinski definition) is 2. The minimum absolute atomic E-state index is 0.305. The number of carbonyl (C=O) groups is 2. The Bertz CT molecular complexity index is 321. The van der Waals surface area contributed by atoms with Gasteiger partial charge in [0.15, 0.2) is 12.4 Å². The second kappa shape index (κ2) is 6.12. The van der Waals surface area contributed by atoms with Gasteiger partial charge in [-0.3, -0.25) is 9.59 Å². The molecule has 0 unspecified atom stereocenters. The molecule has 0 aromatic heterocycles. The molecule has 1 aliphatic heterocycles. The second-order valence-electron chi connectivity index (χ2n) is 4.23. The lowest BCUT2D eigenvalue weighted by molar-refractivity contribution is -0.261. The number of aliphatic hydroxyl groups excluding tert-OH is 1. The molecule has 0 saturated carbocycles. The van der Waals surface area contributed by atoms with Gasteiger partial charge in [0.25, 0.3) is 0 Å². The van der Waals surface area contributed by atoms with E-state index in [0.717, 1.165) is 0 Å². The second-order valence-corrected chi connectivity index (χ2v) is 4.23. The molecular weight excluding hydrogens is 242 g/mol. The van der Waals surface area contributed by atoms with Gasteiger partial charge in [-0.2, -0.15) is 0 Å². The number of aliphatic hydroxyl groups is 1. The monoisotopic (exact) mass is 261 g/mol. The normalized spacial score (nSPS) is 35.9. The molecule has 1 heterocycles. The van der Waals surface area contributed by atoms with Crippen molar-refractivity contribution in [3.8, 4) is 0 Å². The number of esters is 1. The smallest absolute Gasteiger partial charge is 0.303 e. The van der Waals surface area contributed by atoms with Crippen LogP contribution in [0.25, 0.3) is 0 Å². The van der Waals surface area contributed by atoms with Crippen molar-refractivity contribution in [1.29, 1.82) is 0 Å². The lowest BCUT2D eigenvalue weighted by Crippen LogP contribution is -2.64. The van der Waals surface area contributed by atoms with Crippen molar-refractivity contribution in [1.82, 2.24) is 5.32 Å². The zero-order chi connectivity index (χ0) is 13.9. The predicted octanol–water partition coefficient (Wildman–Crippen LogP) is -0.825. The molecule has 104 valence electrons. The first-order valence-corrected chi connectivity index (χ1v) is 5.67. The summed E-state index contributed by atoms with van der Waals surface area (Å²) in [5.41, 5.74) is 0. The standard InChI is InChI=1S/C11H19NO6/c1-5-9(16-4)8(12-6(2)13)10(11(15)17-5)18-7(3)14/h5,8-11,15H,1-4H3,(H,12,13)/t5-,8-,9+,10-,11+/m1/s1.